The Morgan fingerprint density at radius 3 is 2.44 bits per heavy atom. The lowest BCUT2D eigenvalue weighted by molar-refractivity contribution is -0.137. The van der Waals surface area contributed by atoms with Crippen LogP contribution >= 0.6 is 0 Å². The molecule has 1 aliphatic rings. The molecule has 0 amide bonds. The summed E-state index contributed by atoms with van der Waals surface area (Å²) >= 11 is 0. The summed E-state index contributed by atoms with van der Waals surface area (Å²) in [7, 11) is 2.00. The van der Waals surface area contributed by atoms with Crippen molar-refractivity contribution < 1.29 is 13.2 Å². The van der Waals surface area contributed by atoms with Gasteiger partial charge in [0.1, 0.15) is 0 Å². The molecular formula is C18H21F3N4. The second-order valence-corrected chi connectivity index (χ2v) is 6.42. The smallest absolute Gasteiger partial charge is 0.354 e. The molecule has 0 spiro atoms. The zero-order valence-electron chi connectivity index (χ0n) is 14.3. The molecule has 1 fully saturated rings. The third kappa shape index (κ3) is 3.92. The molecule has 0 saturated carbocycles. The Kier molecular flexibility index (Phi) is 4.94. The minimum atomic E-state index is -4.33. The van der Waals surface area contributed by atoms with Gasteiger partial charge in [0, 0.05) is 25.2 Å². The van der Waals surface area contributed by atoms with Gasteiger partial charge in [-0.3, -0.25) is 0 Å². The van der Waals surface area contributed by atoms with Crippen LogP contribution in [0.5, 0.6) is 0 Å². The molecule has 25 heavy (non-hydrogen) atoms. The van der Waals surface area contributed by atoms with E-state index in [4.69, 9.17) is 0 Å². The number of halogens is 3. The normalized spacial score (nSPS) is 18.2. The van der Waals surface area contributed by atoms with E-state index in [0.717, 1.165) is 49.4 Å². The van der Waals surface area contributed by atoms with Crippen LogP contribution in [-0.4, -0.2) is 36.4 Å². The summed E-state index contributed by atoms with van der Waals surface area (Å²) in [5.74, 6) is 0.780. The summed E-state index contributed by atoms with van der Waals surface area (Å²) in [5, 5.41) is 11.9. The Balaban J connectivity index is 1.82. The quantitative estimate of drug-likeness (QED) is 0.917. The lowest BCUT2D eigenvalue weighted by atomic mass is 10.0. The predicted molar refractivity (Wildman–Crippen MR) is 91.5 cm³/mol. The Bertz CT molecular complexity index is 722. The molecule has 2 aromatic rings. The van der Waals surface area contributed by atoms with Gasteiger partial charge in [-0.2, -0.15) is 13.2 Å². The van der Waals surface area contributed by atoms with E-state index >= 15 is 0 Å². The van der Waals surface area contributed by atoms with Gasteiger partial charge in [0.25, 0.3) is 0 Å². The fourth-order valence-corrected chi connectivity index (χ4v) is 3.10. The van der Waals surface area contributed by atoms with Crippen molar-refractivity contribution in [3.8, 4) is 11.3 Å². The minimum Gasteiger partial charge on any atom is -0.354 e. The summed E-state index contributed by atoms with van der Waals surface area (Å²) in [6.07, 6.45) is -2.10. The van der Waals surface area contributed by atoms with Gasteiger partial charge in [-0.25, -0.2) is 0 Å². The van der Waals surface area contributed by atoms with E-state index in [1.165, 1.54) is 12.1 Å². The lowest BCUT2D eigenvalue weighted by Crippen LogP contribution is -2.44. The number of rotatable bonds is 3. The number of anilines is 1. The molecule has 1 aromatic heterocycles. The maximum Gasteiger partial charge on any atom is 0.416 e. The molecule has 134 valence electrons. The van der Waals surface area contributed by atoms with Crippen LogP contribution in [0.4, 0.5) is 19.0 Å². The van der Waals surface area contributed by atoms with Crippen LogP contribution in [0.15, 0.2) is 30.3 Å². The first-order chi connectivity index (χ1) is 11.9. The van der Waals surface area contributed by atoms with E-state index in [1.54, 1.807) is 0 Å². The van der Waals surface area contributed by atoms with Crippen molar-refractivity contribution in [1.82, 2.24) is 15.5 Å². The lowest BCUT2D eigenvalue weighted by Gasteiger charge is -2.32. The maximum absolute atomic E-state index is 12.7. The summed E-state index contributed by atoms with van der Waals surface area (Å²) in [6.45, 7) is 3.86. The van der Waals surface area contributed by atoms with Gasteiger partial charge in [-0.05, 0) is 50.1 Å². The van der Waals surface area contributed by atoms with Crippen molar-refractivity contribution in [2.24, 2.45) is 0 Å². The number of aromatic nitrogens is 2. The highest BCUT2D eigenvalue weighted by atomic mass is 19.4. The number of nitrogens with zero attached hydrogens (tertiary/aromatic N) is 3. The van der Waals surface area contributed by atoms with E-state index in [9.17, 15) is 13.2 Å². The van der Waals surface area contributed by atoms with Crippen molar-refractivity contribution in [2.75, 3.05) is 25.0 Å². The SMILES string of the molecule is Cc1cc(N(C)[C@@H]2CCCNC2)nnc1-c1ccc(C(F)(F)F)cc1. The van der Waals surface area contributed by atoms with Gasteiger partial charge >= 0.3 is 6.18 Å². The number of hydrogen-bond acceptors (Lipinski definition) is 4. The Morgan fingerprint density at radius 2 is 1.88 bits per heavy atom. The van der Waals surface area contributed by atoms with Crippen molar-refractivity contribution in [3.63, 3.8) is 0 Å². The highest BCUT2D eigenvalue weighted by molar-refractivity contribution is 5.64. The average molecular weight is 350 g/mol. The number of likely N-dealkylation sites (N-methyl/N-ethyl adjacent to an activating group) is 1. The van der Waals surface area contributed by atoms with E-state index < -0.39 is 11.7 Å². The zero-order chi connectivity index (χ0) is 18.0. The van der Waals surface area contributed by atoms with Crippen LogP contribution in [0.3, 0.4) is 0 Å². The number of piperidine rings is 1. The Labute approximate surface area is 145 Å². The molecule has 1 atom stereocenters. The molecule has 1 N–H and O–H groups in total. The Morgan fingerprint density at radius 1 is 1.16 bits per heavy atom. The van der Waals surface area contributed by atoms with Crippen LogP contribution in [0, 0.1) is 6.92 Å². The average Bonchev–Trinajstić information content (AvgIpc) is 2.61. The molecule has 7 heteroatoms. The number of benzene rings is 1. The monoisotopic (exact) mass is 350 g/mol. The van der Waals surface area contributed by atoms with Crippen LogP contribution in [-0.2, 0) is 6.18 Å². The van der Waals surface area contributed by atoms with Gasteiger partial charge in [0.15, 0.2) is 5.82 Å². The Hall–Kier alpha value is -2.15. The van der Waals surface area contributed by atoms with E-state index in [2.05, 4.69) is 20.4 Å². The first-order valence-electron chi connectivity index (χ1n) is 8.32. The molecule has 0 unspecified atom stereocenters. The molecule has 4 nitrogen and oxygen atoms in total. The van der Waals surface area contributed by atoms with Gasteiger partial charge in [-0.15, -0.1) is 10.2 Å². The fraction of sp³-hybridized carbons (Fsp3) is 0.444. The van der Waals surface area contributed by atoms with Gasteiger partial charge in [0.2, 0.25) is 0 Å². The van der Waals surface area contributed by atoms with Crippen molar-refractivity contribution in [2.45, 2.75) is 32.0 Å². The van der Waals surface area contributed by atoms with Crippen LogP contribution < -0.4 is 10.2 Å². The highest BCUT2D eigenvalue weighted by Crippen LogP contribution is 2.31. The summed E-state index contributed by atoms with van der Waals surface area (Å²) < 4.78 is 38.0. The molecule has 0 radical (unpaired) electrons. The molecule has 1 saturated heterocycles. The van der Waals surface area contributed by atoms with Crippen LogP contribution in [0.2, 0.25) is 0 Å². The van der Waals surface area contributed by atoms with Crippen molar-refractivity contribution >= 4 is 5.82 Å². The van der Waals surface area contributed by atoms with Gasteiger partial charge < -0.3 is 10.2 Å². The first kappa shape index (κ1) is 17.7. The summed E-state index contributed by atoms with van der Waals surface area (Å²) in [6, 6.07) is 7.34. The molecule has 1 aliphatic heterocycles. The largest absolute Gasteiger partial charge is 0.416 e. The van der Waals surface area contributed by atoms with E-state index in [1.807, 2.05) is 20.0 Å². The third-order valence-corrected chi connectivity index (χ3v) is 4.64. The van der Waals surface area contributed by atoms with E-state index in [-0.39, 0.29) is 0 Å². The molecule has 2 heterocycles. The number of nitrogens with one attached hydrogen (secondary N) is 1. The topological polar surface area (TPSA) is 41.0 Å². The van der Waals surface area contributed by atoms with Gasteiger partial charge in [-0.1, -0.05) is 12.1 Å². The second-order valence-electron chi connectivity index (χ2n) is 6.42. The van der Waals surface area contributed by atoms with Crippen molar-refractivity contribution in [1.29, 1.82) is 0 Å². The molecular weight excluding hydrogens is 329 g/mol. The summed E-state index contributed by atoms with van der Waals surface area (Å²) in [4.78, 5) is 2.11. The highest BCUT2D eigenvalue weighted by Gasteiger charge is 2.30. The van der Waals surface area contributed by atoms with Gasteiger partial charge in [0.05, 0.1) is 11.3 Å². The predicted octanol–water partition coefficient (Wildman–Crippen LogP) is 3.66. The van der Waals surface area contributed by atoms with Crippen LogP contribution in [0.25, 0.3) is 11.3 Å². The number of alkyl halides is 3. The fourth-order valence-electron chi connectivity index (χ4n) is 3.10. The molecule has 0 aliphatic carbocycles. The molecule has 0 bridgehead atoms. The first-order valence-corrected chi connectivity index (χ1v) is 8.32. The number of hydrogen-bond donors (Lipinski definition) is 1. The van der Waals surface area contributed by atoms with Crippen LogP contribution in [0.1, 0.15) is 24.0 Å². The number of aryl methyl sites for hydroxylation is 1. The minimum absolute atomic E-state index is 0.374. The standard InChI is InChI=1S/C18H21F3N4/c1-12-10-16(25(2)15-4-3-9-22-11-15)23-24-17(12)13-5-7-14(8-6-13)18(19,20)21/h5-8,10,15,22H,3-4,9,11H2,1-2H3/t15-/m1/s1. The zero-order valence-corrected chi connectivity index (χ0v) is 14.3. The molecule has 3 rings (SSSR count). The third-order valence-electron chi connectivity index (χ3n) is 4.64. The van der Waals surface area contributed by atoms with Crippen molar-refractivity contribution in [3.05, 3.63) is 41.5 Å². The molecule has 1 aromatic carbocycles. The maximum atomic E-state index is 12.7. The summed E-state index contributed by atoms with van der Waals surface area (Å²) in [5.41, 5.74) is 1.46. The second kappa shape index (κ2) is 7.00. The van der Waals surface area contributed by atoms with E-state index in [0.29, 0.717) is 17.3 Å².